The summed E-state index contributed by atoms with van der Waals surface area (Å²) in [6, 6.07) is 0. The predicted molar refractivity (Wildman–Crippen MR) is 47.0 cm³/mol. The van der Waals surface area contributed by atoms with Crippen molar-refractivity contribution in [3.63, 3.8) is 0 Å². The van der Waals surface area contributed by atoms with E-state index >= 15 is 0 Å². The first-order chi connectivity index (χ1) is 5.90. The summed E-state index contributed by atoms with van der Waals surface area (Å²) in [5.41, 5.74) is 4.04. The first-order valence-electron chi connectivity index (χ1n) is 3.48. The van der Waals surface area contributed by atoms with Crippen LogP contribution in [-0.4, -0.2) is 27.4 Å². The molecule has 0 aromatic rings. The molecule has 72 valence electrons. The highest BCUT2D eigenvalue weighted by Crippen LogP contribution is 2.43. The van der Waals surface area contributed by atoms with Crippen molar-refractivity contribution in [3.05, 3.63) is 11.1 Å². The van der Waals surface area contributed by atoms with Crippen LogP contribution in [0.25, 0.3) is 0 Å². The number of carboxylic acids is 2. The van der Waals surface area contributed by atoms with Crippen LogP contribution in [-0.2, 0) is 9.59 Å². The number of nitrogens with two attached hydrogens (primary N) is 1. The molecule has 5 nitrogen and oxygen atoms in total. The molecule has 2 unspecified atom stereocenters. The molecule has 0 aliphatic carbocycles. The minimum absolute atomic E-state index is 0.0948. The van der Waals surface area contributed by atoms with Crippen molar-refractivity contribution < 1.29 is 19.8 Å². The average molecular weight is 203 g/mol. The third-order valence-corrected chi connectivity index (χ3v) is 3.46. The second kappa shape index (κ2) is 2.95. The standard InChI is InChI=1S/C7H9NO4S/c1-7(6(11)12)3(8)2-13-4(7)5(9)10/h2,4H,8H2,1H3,(H,9,10)(H,11,12). The van der Waals surface area contributed by atoms with Gasteiger partial charge in [-0.2, -0.15) is 0 Å². The average Bonchev–Trinajstić information content (AvgIpc) is 2.30. The number of hydrogen-bond donors (Lipinski definition) is 3. The molecule has 0 saturated heterocycles. The van der Waals surface area contributed by atoms with Gasteiger partial charge in [0.25, 0.3) is 0 Å². The lowest BCUT2D eigenvalue weighted by Gasteiger charge is -2.24. The molecule has 0 saturated carbocycles. The zero-order valence-corrected chi connectivity index (χ0v) is 7.67. The molecule has 1 aliphatic heterocycles. The van der Waals surface area contributed by atoms with E-state index in [0.29, 0.717) is 0 Å². The Morgan fingerprint density at radius 3 is 2.46 bits per heavy atom. The van der Waals surface area contributed by atoms with Crippen LogP contribution in [0.2, 0.25) is 0 Å². The van der Waals surface area contributed by atoms with Gasteiger partial charge >= 0.3 is 11.9 Å². The third-order valence-electron chi connectivity index (χ3n) is 2.12. The Kier molecular flexibility index (Phi) is 2.25. The summed E-state index contributed by atoms with van der Waals surface area (Å²) in [5, 5.41) is 18.0. The molecule has 0 bridgehead atoms. The molecule has 0 amide bonds. The van der Waals surface area contributed by atoms with Gasteiger partial charge in [-0.15, -0.1) is 11.8 Å². The largest absolute Gasteiger partial charge is 0.480 e. The van der Waals surface area contributed by atoms with E-state index in [1.807, 2.05) is 0 Å². The van der Waals surface area contributed by atoms with Crippen molar-refractivity contribution in [2.45, 2.75) is 12.2 Å². The number of aliphatic carboxylic acids is 2. The van der Waals surface area contributed by atoms with E-state index in [2.05, 4.69) is 0 Å². The molecule has 1 aliphatic rings. The lowest BCUT2D eigenvalue weighted by Crippen LogP contribution is -2.43. The Morgan fingerprint density at radius 2 is 2.15 bits per heavy atom. The van der Waals surface area contributed by atoms with Gasteiger partial charge in [0.15, 0.2) is 0 Å². The molecule has 0 radical (unpaired) electrons. The fourth-order valence-corrected chi connectivity index (χ4v) is 2.24. The minimum atomic E-state index is -1.49. The SMILES string of the molecule is CC1(C(=O)O)C(N)=CSC1C(=O)O. The summed E-state index contributed by atoms with van der Waals surface area (Å²) in [7, 11) is 0. The first kappa shape index (κ1) is 9.91. The molecule has 2 atom stereocenters. The minimum Gasteiger partial charge on any atom is -0.480 e. The van der Waals surface area contributed by atoms with Crippen LogP contribution in [0.1, 0.15) is 6.92 Å². The molecule has 13 heavy (non-hydrogen) atoms. The maximum atomic E-state index is 10.9. The van der Waals surface area contributed by atoms with E-state index < -0.39 is 22.6 Å². The van der Waals surface area contributed by atoms with Crippen LogP contribution in [0.15, 0.2) is 11.1 Å². The summed E-state index contributed by atoms with van der Waals surface area (Å²) in [5.74, 6) is -2.37. The van der Waals surface area contributed by atoms with E-state index in [9.17, 15) is 9.59 Å². The third kappa shape index (κ3) is 1.27. The monoisotopic (exact) mass is 203 g/mol. The normalized spacial score (nSPS) is 32.7. The fraction of sp³-hybridized carbons (Fsp3) is 0.429. The number of hydrogen-bond acceptors (Lipinski definition) is 4. The topological polar surface area (TPSA) is 101 Å². The maximum absolute atomic E-state index is 10.9. The van der Waals surface area contributed by atoms with E-state index in [4.69, 9.17) is 15.9 Å². The second-order valence-corrected chi connectivity index (χ2v) is 3.91. The van der Waals surface area contributed by atoms with Gasteiger partial charge in [-0.3, -0.25) is 9.59 Å². The van der Waals surface area contributed by atoms with Crippen LogP contribution < -0.4 is 5.73 Å². The van der Waals surface area contributed by atoms with Crippen molar-refractivity contribution in [1.29, 1.82) is 0 Å². The van der Waals surface area contributed by atoms with Gasteiger partial charge in [0, 0.05) is 5.70 Å². The van der Waals surface area contributed by atoms with Crippen molar-refractivity contribution in [2.24, 2.45) is 11.1 Å². The number of carboxylic acid groups (broad SMARTS) is 2. The van der Waals surface area contributed by atoms with Crippen molar-refractivity contribution >= 4 is 23.7 Å². The van der Waals surface area contributed by atoms with Crippen LogP contribution in [0.4, 0.5) is 0 Å². The molecule has 0 spiro atoms. The van der Waals surface area contributed by atoms with Gasteiger partial charge < -0.3 is 15.9 Å². The highest BCUT2D eigenvalue weighted by atomic mass is 32.2. The zero-order chi connectivity index (χ0) is 10.2. The summed E-state index contributed by atoms with van der Waals surface area (Å²) < 4.78 is 0. The highest BCUT2D eigenvalue weighted by Gasteiger charge is 2.51. The Bertz CT molecular complexity index is 301. The van der Waals surface area contributed by atoms with Gasteiger partial charge in [0.2, 0.25) is 0 Å². The number of carbonyl (C=O) groups is 2. The highest BCUT2D eigenvalue weighted by molar-refractivity contribution is 8.03. The van der Waals surface area contributed by atoms with E-state index in [0.717, 1.165) is 11.8 Å². The molecule has 1 rings (SSSR count). The van der Waals surface area contributed by atoms with Crippen molar-refractivity contribution in [3.8, 4) is 0 Å². The van der Waals surface area contributed by atoms with Crippen LogP contribution in [0.3, 0.4) is 0 Å². The lowest BCUT2D eigenvalue weighted by atomic mass is 9.84. The number of rotatable bonds is 2. The van der Waals surface area contributed by atoms with E-state index in [1.165, 1.54) is 12.3 Å². The van der Waals surface area contributed by atoms with E-state index in [-0.39, 0.29) is 5.70 Å². The van der Waals surface area contributed by atoms with Gasteiger partial charge in [-0.25, -0.2) is 0 Å². The van der Waals surface area contributed by atoms with Crippen molar-refractivity contribution in [1.82, 2.24) is 0 Å². The molecular formula is C7H9NO4S. The molecule has 0 fully saturated rings. The second-order valence-electron chi connectivity index (χ2n) is 2.94. The Labute approximate surface area is 78.6 Å². The van der Waals surface area contributed by atoms with Gasteiger partial charge in [-0.1, -0.05) is 0 Å². The van der Waals surface area contributed by atoms with Gasteiger partial charge in [-0.05, 0) is 12.3 Å². The van der Waals surface area contributed by atoms with Gasteiger partial charge in [0.1, 0.15) is 10.7 Å². The van der Waals surface area contributed by atoms with Gasteiger partial charge in [0.05, 0.1) is 0 Å². The number of thioether (sulfide) groups is 1. The molecular weight excluding hydrogens is 194 g/mol. The summed E-state index contributed by atoms with van der Waals surface area (Å²) in [6.45, 7) is 1.32. The van der Waals surface area contributed by atoms with Crippen molar-refractivity contribution in [2.75, 3.05) is 0 Å². The zero-order valence-electron chi connectivity index (χ0n) is 6.85. The Balaban J connectivity index is 3.08. The van der Waals surface area contributed by atoms with Crippen LogP contribution in [0.5, 0.6) is 0 Å². The molecule has 4 N–H and O–H groups in total. The molecule has 1 heterocycles. The predicted octanol–water partition coefficient (Wildman–Crippen LogP) is 0.0774. The maximum Gasteiger partial charge on any atom is 0.318 e. The molecule has 6 heteroatoms. The fourth-order valence-electron chi connectivity index (χ4n) is 1.09. The summed E-state index contributed by atoms with van der Waals surface area (Å²) >= 11 is 0.926. The Morgan fingerprint density at radius 1 is 1.62 bits per heavy atom. The van der Waals surface area contributed by atoms with Crippen LogP contribution >= 0.6 is 11.8 Å². The lowest BCUT2D eigenvalue weighted by molar-refractivity contribution is -0.151. The molecule has 0 aromatic carbocycles. The smallest absolute Gasteiger partial charge is 0.318 e. The Hall–Kier alpha value is -1.17. The quantitative estimate of drug-likeness (QED) is 0.587. The summed E-state index contributed by atoms with van der Waals surface area (Å²) in [4.78, 5) is 21.5. The van der Waals surface area contributed by atoms with E-state index in [1.54, 1.807) is 0 Å². The van der Waals surface area contributed by atoms with Crippen LogP contribution in [0, 0.1) is 5.41 Å². The summed E-state index contributed by atoms with van der Waals surface area (Å²) in [6.07, 6.45) is 0. The first-order valence-corrected chi connectivity index (χ1v) is 4.42. The molecule has 0 aromatic heterocycles.